The van der Waals surface area contributed by atoms with Gasteiger partial charge in [0, 0.05) is 37.8 Å². The molecule has 2 heterocycles. The van der Waals surface area contributed by atoms with Crippen molar-refractivity contribution in [1.29, 1.82) is 0 Å². The Kier molecular flexibility index (Phi) is 6.83. The van der Waals surface area contributed by atoms with Gasteiger partial charge in [-0.2, -0.15) is 0 Å². The van der Waals surface area contributed by atoms with E-state index in [-0.39, 0.29) is 34.8 Å². The molecule has 2 aliphatic heterocycles. The van der Waals surface area contributed by atoms with Crippen molar-refractivity contribution in [3.63, 3.8) is 0 Å². The second-order valence-electron chi connectivity index (χ2n) is 7.84. The van der Waals surface area contributed by atoms with Crippen molar-refractivity contribution in [1.82, 2.24) is 14.5 Å². The number of hydrogen-bond acceptors (Lipinski definition) is 6. The number of likely N-dealkylation sites (tertiary alicyclic amines) is 1. The van der Waals surface area contributed by atoms with Gasteiger partial charge < -0.3 is 14.4 Å². The SMILES string of the molecule is CNS(=O)(=O)c1cc(C(=O)N2CCCC2CN2CC(C)OC(C)C2)ccc1OC. The van der Waals surface area contributed by atoms with Gasteiger partial charge in [0.2, 0.25) is 10.0 Å². The number of sulfonamides is 1. The molecular weight excluding hydrogens is 394 g/mol. The van der Waals surface area contributed by atoms with Crippen LogP contribution in [0.1, 0.15) is 37.0 Å². The fourth-order valence-corrected chi connectivity index (χ4v) is 5.24. The summed E-state index contributed by atoms with van der Waals surface area (Å²) < 4.78 is 37.9. The number of nitrogens with one attached hydrogen (secondary N) is 1. The molecule has 0 spiro atoms. The van der Waals surface area contributed by atoms with Gasteiger partial charge in [-0.3, -0.25) is 9.69 Å². The first kappa shape index (κ1) is 22.0. The number of nitrogens with zero attached hydrogens (tertiary/aromatic N) is 2. The summed E-state index contributed by atoms with van der Waals surface area (Å²) >= 11 is 0. The van der Waals surface area contributed by atoms with E-state index in [0.29, 0.717) is 12.1 Å². The summed E-state index contributed by atoms with van der Waals surface area (Å²) in [6, 6.07) is 4.69. The minimum atomic E-state index is -3.74. The average Bonchev–Trinajstić information content (AvgIpc) is 3.14. The molecule has 0 saturated carbocycles. The Morgan fingerprint density at radius 3 is 2.59 bits per heavy atom. The smallest absolute Gasteiger partial charge is 0.254 e. The lowest BCUT2D eigenvalue weighted by molar-refractivity contribution is -0.0715. The van der Waals surface area contributed by atoms with Crippen LogP contribution in [0.4, 0.5) is 0 Å². The van der Waals surface area contributed by atoms with Gasteiger partial charge in [-0.15, -0.1) is 0 Å². The van der Waals surface area contributed by atoms with Crippen molar-refractivity contribution in [2.75, 3.05) is 40.3 Å². The minimum absolute atomic E-state index is 0.0278. The van der Waals surface area contributed by atoms with Crippen LogP contribution in [-0.2, 0) is 14.8 Å². The number of morpholine rings is 1. The Labute approximate surface area is 173 Å². The number of benzene rings is 1. The molecule has 1 aromatic carbocycles. The topological polar surface area (TPSA) is 88.2 Å². The van der Waals surface area contributed by atoms with E-state index in [0.717, 1.165) is 32.5 Å². The summed E-state index contributed by atoms with van der Waals surface area (Å²) in [7, 11) is -0.990. The van der Waals surface area contributed by atoms with Gasteiger partial charge in [0.25, 0.3) is 5.91 Å². The number of methoxy groups -OCH3 is 1. The predicted molar refractivity (Wildman–Crippen MR) is 110 cm³/mol. The first-order valence-corrected chi connectivity index (χ1v) is 11.5. The van der Waals surface area contributed by atoms with E-state index in [1.54, 1.807) is 6.07 Å². The van der Waals surface area contributed by atoms with E-state index in [1.807, 2.05) is 4.90 Å². The molecule has 2 saturated heterocycles. The van der Waals surface area contributed by atoms with Crippen LogP contribution in [0.15, 0.2) is 23.1 Å². The van der Waals surface area contributed by atoms with E-state index >= 15 is 0 Å². The van der Waals surface area contributed by atoms with Crippen LogP contribution >= 0.6 is 0 Å². The zero-order chi connectivity index (χ0) is 21.2. The monoisotopic (exact) mass is 425 g/mol. The third-order valence-corrected chi connectivity index (χ3v) is 7.01. The van der Waals surface area contributed by atoms with Crippen LogP contribution in [0.5, 0.6) is 5.75 Å². The van der Waals surface area contributed by atoms with E-state index in [2.05, 4.69) is 23.5 Å². The number of rotatable bonds is 6. The second kappa shape index (κ2) is 8.99. The Morgan fingerprint density at radius 2 is 1.97 bits per heavy atom. The van der Waals surface area contributed by atoms with Gasteiger partial charge in [-0.05, 0) is 51.9 Å². The predicted octanol–water partition coefficient (Wildman–Crippen LogP) is 1.32. The second-order valence-corrected chi connectivity index (χ2v) is 9.70. The van der Waals surface area contributed by atoms with Crippen LogP contribution in [0.25, 0.3) is 0 Å². The molecule has 0 bridgehead atoms. The summed E-state index contributed by atoms with van der Waals surface area (Å²) in [5.41, 5.74) is 0.357. The highest BCUT2D eigenvalue weighted by Crippen LogP contribution is 2.28. The molecule has 8 nitrogen and oxygen atoms in total. The van der Waals surface area contributed by atoms with Gasteiger partial charge in [-0.1, -0.05) is 0 Å². The summed E-state index contributed by atoms with van der Waals surface area (Å²) in [4.78, 5) is 17.4. The number of hydrogen-bond donors (Lipinski definition) is 1. The highest BCUT2D eigenvalue weighted by atomic mass is 32.2. The van der Waals surface area contributed by atoms with Gasteiger partial charge in [0.15, 0.2) is 0 Å². The molecule has 2 fully saturated rings. The van der Waals surface area contributed by atoms with Crippen LogP contribution < -0.4 is 9.46 Å². The van der Waals surface area contributed by atoms with Crippen molar-refractivity contribution in [3.05, 3.63) is 23.8 Å². The first-order chi connectivity index (χ1) is 13.7. The zero-order valence-corrected chi connectivity index (χ0v) is 18.4. The maximum absolute atomic E-state index is 13.2. The molecule has 2 aliphatic rings. The molecular formula is C20H31N3O5S. The number of ether oxygens (including phenoxy) is 2. The lowest BCUT2D eigenvalue weighted by Gasteiger charge is -2.38. The molecule has 1 amide bonds. The molecule has 29 heavy (non-hydrogen) atoms. The highest BCUT2D eigenvalue weighted by molar-refractivity contribution is 7.89. The van der Waals surface area contributed by atoms with Crippen LogP contribution in [0.2, 0.25) is 0 Å². The molecule has 0 aromatic heterocycles. The van der Waals surface area contributed by atoms with Gasteiger partial charge in [-0.25, -0.2) is 13.1 Å². The fourth-order valence-electron chi connectivity index (χ4n) is 4.32. The van der Waals surface area contributed by atoms with E-state index < -0.39 is 10.0 Å². The Balaban J connectivity index is 1.79. The van der Waals surface area contributed by atoms with Gasteiger partial charge >= 0.3 is 0 Å². The summed E-state index contributed by atoms with van der Waals surface area (Å²) in [6.45, 7) is 7.34. The lowest BCUT2D eigenvalue weighted by Crippen LogP contribution is -2.50. The normalized spacial score (nSPS) is 25.9. The molecule has 0 aliphatic carbocycles. The fraction of sp³-hybridized carbons (Fsp3) is 0.650. The molecule has 3 atom stereocenters. The average molecular weight is 426 g/mol. The molecule has 9 heteroatoms. The van der Waals surface area contributed by atoms with Crippen LogP contribution in [0.3, 0.4) is 0 Å². The Bertz CT molecular complexity index is 835. The molecule has 1 aromatic rings. The van der Waals surface area contributed by atoms with Gasteiger partial charge in [0.1, 0.15) is 10.6 Å². The zero-order valence-electron chi connectivity index (χ0n) is 17.6. The molecule has 1 N–H and O–H groups in total. The number of amides is 1. The standard InChI is InChI=1S/C20H31N3O5S/c1-14-11-22(12-15(2)28-14)13-17-6-5-9-23(17)20(24)16-7-8-18(27-4)19(10-16)29(25,26)21-3/h7-8,10,14-15,17,21H,5-6,9,11-13H2,1-4H3. The van der Waals surface area contributed by atoms with Crippen LogP contribution in [-0.4, -0.2) is 82.7 Å². The molecule has 0 radical (unpaired) electrons. The van der Waals surface area contributed by atoms with E-state index in [9.17, 15) is 13.2 Å². The third-order valence-electron chi connectivity index (χ3n) is 5.57. The number of carbonyl (C=O) groups is 1. The molecule has 3 unspecified atom stereocenters. The molecule has 162 valence electrons. The van der Waals surface area contributed by atoms with Crippen molar-refractivity contribution in [2.24, 2.45) is 0 Å². The lowest BCUT2D eigenvalue weighted by atomic mass is 10.1. The summed E-state index contributed by atoms with van der Waals surface area (Å²) in [6.07, 6.45) is 2.26. The van der Waals surface area contributed by atoms with E-state index in [4.69, 9.17) is 9.47 Å². The number of carbonyl (C=O) groups excluding carboxylic acids is 1. The van der Waals surface area contributed by atoms with Crippen molar-refractivity contribution in [3.8, 4) is 5.75 Å². The quantitative estimate of drug-likeness (QED) is 0.740. The third kappa shape index (κ3) is 4.91. The summed E-state index contributed by atoms with van der Waals surface area (Å²) in [5, 5.41) is 0. The van der Waals surface area contributed by atoms with E-state index in [1.165, 1.54) is 26.3 Å². The maximum atomic E-state index is 13.2. The van der Waals surface area contributed by atoms with Crippen molar-refractivity contribution >= 4 is 15.9 Å². The highest BCUT2D eigenvalue weighted by Gasteiger charge is 2.33. The maximum Gasteiger partial charge on any atom is 0.254 e. The van der Waals surface area contributed by atoms with Gasteiger partial charge in [0.05, 0.1) is 19.3 Å². The van der Waals surface area contributed by atoms with Crippen molar-refractivity contribution in [2.45, 2.75) is 49.8 Å². The Hall–Kier alpha value is -1.68. The van der Waals surface area contributed by atoms with Crippen LogP contribution in [0, 0.1) is 0 Å². The van der Waals surface area contributed by atoms with Crippen molar-refractivity contribution < 1.29 is 22.7 Å². The largest absolute Gasteiger partial charge is 0.495 e. The molecule has 3 rings (SSSR count). The summed E-state index contributed by atoms with van der Waals surface area (Å²) in [5.74, 6) is 0.0715. The minimum Gasteiger partial charge on any atom is -0.495 e. The Morgan fingerprint density at radius 1 is 1.28 bits per heavy atom. The first-order valence-electron chi connectivity index (χ1n) is 10.1.